The molecule has 1 aromatic rings. The molecule has 0 saturated heterocycles. The first kappa shape index (κ1) is 14.8. The summed E-state index contributed by atoms with van der Waals surface area (Å²) in [7, 11) is 0. The van der Waals surface area contributed by atoms with Gasteiger partial charge in [0.2, 0.25) is 0 Å². The standard InChI is InChI=1S/C12H15F3N2O3/c13-12(14,15)9-3-6-17(16-9)7-11(20)4-1-8(2-5-11)10(18)19/h3,6,8,20H,1-2,4-5,7H2,(H,18,19). The van der Waals surface area contributed by atoms with Crippen molar-refractivity contribution >= 4 is 5.97 Å². The molecule has 20 heavy (non-hydrogen) atoms. The summed E-state index contributed by atoms with van der Waals surface area (Å²) in [6.45, 7) is -0.0601. The highest BCUT2D eigenvalue weighted by Gasteiger charge is 2.38. The Morgan fingerprint density at radius 1 is 1.45 bits per heavy atom. The maximum Gasteiger partial charge on any atom is 0.435 e. The topological polar surface area (TPSA) is 75.3 Å². The van der Waals surface area contributed by atoms with Crippen LogP contribution in [0.5, 0.6) is 0 Å². The Balaban J connectivity index is 2.00. The normalized spacial score (nSPS) is 27.5. The van der Waals surface area contributed by atoms with Gasteiger partial charge in [0.15, 0.2) is 5.69 Å². The van der Waals surface area contributed by atoms with Crippen molar-refractivity contribution in [2.24, 2.45) is 5.92 Å². The molecule has 0 aliphatic heterocycles. The lowest BCUT2D eigenvalue weighted by atomic mass is 9.79. The molecule has 5 nitrogen and oxygen atoms in total. The molecule has 1 heterocycles. The molecule has 1 aromatic heterocycles. The summed E-state index contributed by atoms with van der Waals surface area (Å²) in [6, 6.07) is 0.853. The van der Waals surface area contributed by atoms with Crippen LogP contribution in [0.1, 0.15) is 31.4 Å². The Kier molecular flexibility index (Phi) is 3.77. The van der Waals surface area contributed by atoms with Crippen LogP contribution in [0.3, 0.4) is 0 Å². The van der Waals surface area contributed by atoms with Crippen molar-refractivity contribution in [2.75, 3.05) is 0 Å². The summed E-state index contributed by atoms with van der Waals surface area (Å²) in [5, 5.41) is 22.6. The molecule has 1 saturated carbocycles. The number of hydrogen-bond donors (Lipinski definition) is 2. The number of alkyl halides is 3. The monoisotopic (exact) mass is 292 g/mol. The fourth-order valence-electron chi connectivity index (χ4n) is 2.46. The van der Waals surface area contributed by atoms with Crippen molar-refractivity contribution in [3.8, 4) is 0 Å². The van der Waals surface area contributed by atoms with Crippen LogP contribution >= 0.6 is 0 Å². The molecule has 112 valence electrons. The van der Waals surface area contributed by atoms with Gasteiger partial charge in [-0.1, -0.05) is 0 Å². The minimum atomic E-state index is -4.51. The molecule has 0 radical (unpaired) electrons. The summed E-state index contributed by atoms with van der Waals surface area (Å²) in [6.07, 6.45) is -2.21. The minimum absolute atomic E-state index is 0.0601. The largest absolute Gasteiger partial charge is 0.481 e. The molecule has 0 amide bonds. The number of aliphatic hydroxyl groups is 1. The molecular weight excluding hydrogens is 277 g/mol. The van der Waals surface area contributed by atoms with E-state index in [4.69, 9.17) is 5.11 Å². The maximum atomic E-state index is 12.4. The summed E-state index contributed by atoms with van der Waals surface area (Å²) in [5.41, 5.74) is -2.19. The molecular formula is C12H15F3N2O3. The smallest absolute Gasteiger partial charge is 0.435 e. The van der Waals surface area contributed by atoms with E-state index in [1.807, 2.05) is 0 Å². The lowest BCUT2D eigenvalue weighted by molar-refractivity contribution is -0.145. The first-order chi connectivity index (χ1) is 9.20. The summed E-state index contributed by atoms with van der Waals surface area (Å²) < 4.78 is 38.3. The van der Waals surface area contributed by atoms with Crippen LogP contribution in [0.2, 0.25) is 0 Å². The Hall–Kier alpha value is -1.57. The molecule has 0 unspecified atom stereocenters. The zero-order valence-electron chi connectivity index (χ0n) is 10.6. The average Bonchev–Trinajstić information content (AvgIpc) is 2.77. The van der Waals surface area contributed by atoms with Crippen molar-refractivity contribution in [1.82, 2.24) is 9.78 Å². The molecule has 1 fully saturated rings. The number of nitrogens with zero attached hydrogens (tertiary/aromatic N) is 2. The van der Waals surface area contributed by atoms with E-state index >= 15 is 0 Å². The number of carboxylic acid groups (broad SMARTS) is 1. The number of carboxylic acids is 1. The second-order valence-electron chi connectivity index (χ2n) is 5.23. The highest BCUT2D eigenvalue weighted by Crippen LogP contribution is 2.34. The molecule has 0 bridgehead atoms. The molecule has 1 aliphatic rings. The van der Waals surface area contributed by atoms with Crippen molar-refractivity contribution < 1.29 is 28.2 Å². The number of halogens is 3. The minimum Gasteiger partial charge on any atom is -0.481 e. The Bertz CT molecular complexity index is 490. The van der Waals surface area contributed by atoms with Gasteiger partial charge in [-0.3, -0.25) is 9.48 Å². The van der Waals surface area contributed by atoms with Crippen LogP contribution in [0, 0.1) is 5.92 Å². The predicted octanol–water partition coefficient (Wildman–Crippen LogP) is 1.91. The summed E-state index contributed by atoms with van der Waals surface area (Å²) in [4.78, 5) is 10.8. The third kappa shape index (κ3) is 3.30. The molecule has 0 aromatic carbocycles. The van der Waals surface area contributed by atoms with E-state index in [1.165, 1.54) is 6.20 Å². The van der Waals surface area contributed by atoms with Gasteiger partial charge in [0.1, 0.15) is 0 Å². The highest BCUT2D eigenvalue weighted by molar-refractivity contribution is 5.70. The second kappa shape index (κ2) is 5.08. The van der Waals surface area contributed by atoms with Crippen molar-refractivity contribution in [2.45, 2.75) is 44.0 Å². The number of rotatable bonds is 3. The van der Waals surface area contributed by atoms with E-state index in [-0.39, 0.29) is 19.4 Å². The van der Waals surface area contributed by atoms with Crippen molar-refractivity contribution in [3.63, 3.8) is 0 Å². The zero-order chi connectivity index (χ0) is 15.0. The van der Waals surface area contributed by atoms with E-state index in [1.54, 1.807) is 0 Å². The van der Waals surface area contributed by atoms with Crippen LogP contribution < -0.4 is 0 Å². The van der Waals surface area contributed by atoms with Gasteiger partial charge in [-0.05, 0) is 31.7 Å². The number of aliphatic carboxylic acids is 1. The maximum absolute atomic E-state index is 12.4. The van der Waals surface area contributed by atoms with E-state index < -0.39 is 29.4 Å². The van der Waals surface area contributed by atoms with Gasteiger partial charge < -0.3 is 10.2 Å². The number of aromatic nitrogens is 2. The molecule has 2 N–H and O–H groups in total. The van der Waals surface area contributed by atoms with Crippen LogP contribution in [-0.2, 0) is 17.5 Å². The second-order valence-corrected chi connectivity index (χ2v) is 5.23. The Morgan fingerprint density at radius 2 is 2.05 bits per heavy atom. The van der Waals surface area contributed by atoms with Gasteiger partial charge in [-0.15, -0.1) is 0 Å². The lowest BCUT2D eigenvalue weighted by Crippen LogP contribution is -2.40. The quantitative estimate of drug-likeness (QED) is 0.892. The third-order valence-corrected chi connectivity index (χ3v) is 3.65. The summed E-state index contributed by atoms with van der Waals surface area (Å²) in [5.74, 6) is -1.39. The zero-order valence-corrected chi connectivity index (χ0v) is 10.6. The van der Waals surface area contributed by atoms with Gasteiger partial charge in [-0.2, -0.15) is 18.3 Å². The van der Waals surface area contributed by atoms with Gasteiger partial charge in [0, 0.05) is 6.20 Å². The molecule has 0 spiro atoms. The fraction of sp³-hybridized carbons (Fsp3) is 0.667. The molecule has 2 rings (SSSR count). The Morgan fingerprint density at radius 3 is 2.50 bits per heavy atom. The van der Waals surface area contributed by atoms with Gasteiger partial charge in [0.25, 0.3) is 0 Å². The van der Waals surface area contributed by atoms with E-state index in [2.05, 4.69) is 5.10 Å². The van der Waals surface area contributed by atoms with Gasteiger partial charge in [-0.25, -0.2) is 0 Å². The van der Waals surface area contributed by atoms with Crippen LogP contribution in [0.15, 0.2) is 12.3 Å². The third-order valence-electron chi connectivity index (χ3n) is 3.65. The van der Waals surface area contributed by atoms with E-state index in [9.17, 15) is 23.1 Å². The number of carbonyl (C=O) groups is 1. The molecule has 0 atom stereocenters. The number of hydrogen-bond acceptors (Lipinski definition) is 3. The first-order valence-electron chi connectivity index (χ1n) is 6.25. The van der Waals surface area contributed by atoms with Crippen LogP contribution in [0.25, 0.3) is 0 Å². The van der Waals surface area contributed by atoms with Crippen LogP contribution in [0.4, 0.5) is 13.2 Å². The fourth-order valence-corrected chi connectivity index (χ4v) is 2.46. The highest BCUT2D eigenvalue weighted by atomic mass is 19.4. The van der Waals surface area contributed by atoms with E-state index in [0.717, 1.165) is 10.7 Å². The predicted molar refractivity (Wildman–Crippen MR) is 61.8 cm³/mol. The SMILES string of the molecule is O=C(O)C1CCC(O)(Cn2ccc(C(F)(F)F)n2)CC1. The lowest BCUT2D eigenvalue weighted by Gasteiger charge is -2.34. The van der Waals surface area contributed by atoms with Crippen molar-refractivity contribution in [1.29, 1.82) is 0 Å². The summed E-state index contributed by atoms with van der Waals surface area (Å²) >= 11 is 0. The molecule has 8 heteroatoms. The molecule has 1 aliphatic carbocycles. The van der Waals surface area contributed by atoms with Gasteiger partial charge in [0.05, 0.1) is 18.1 Å². The van der Waals surface area contributed by atoms with Crippen molar-refractivity contribution in [3.05, 3.63) is 18.0 Å². The van der Waals surface area contributed by atoms with Crippen LogP contribution in [-0.4, -0.2) is 31.6 Å². The Labute approximate surface area is 113 Å². The van der Waals surface area contributed by atoms with Gasteiger partial charge >= 0.3 is 12.1 Å². The van der Waals surface area contributed by atoms with E-state index in [0.29, 0.717) is 12.8 Å². The average molecular weight is 292 g/mol. The first-order valence-corrected chi connectivity index (χ1v) is 6.25.